The van der Waals surface area contributed by atoms with Crippen molar-refractivity contribution in [2.24, 2.45) is 5.73 Å². The van der Waals surface area contributed by atoms with Gasteiger partial charge in [-0.15, -0.1) is 0 Å². The van der Waals surface area contributed by atoms with Crippen LogP contribution in [0.25, 0.3) is 0 Å². The van der Waals surface area contributed by atoms with E-state index in [0.717, 1.165) is 0 Å². The second kappa shape index (κ2) is 4.67. The summed E-state index contributed by atoms with van der Waals surface area (Å²) in [5.41, 5.74) is 5.43. The Morgan fingerprint density at radius 3 is 3.06 bits per heavy atom. The molecular weight excluding hydrogens is 208 g/mol. The van der Waals surface area contributed by atoms with Gasteiger partial charge in [0.25, 0.3) is 5.91 Å². The fraction of sp³-hybridized carbons (Fsp3) is 0.545. The first-order chi connectivity index (χ1) is 7.72. The molecule has 1 amide bonds. The molecule has 5 heteroatoms. The Morgan fingerprint density at radius 2 is 2.44 bits per heavy atom. The molecule has 1 saturated heterocycles. The van der Waals surface area contributed by atoms with E-state index in [0.29, 0.717) is 37.8 Å². The highest BCUT2D eigenvalue weighted by molar-refractivity contribution is 5.91. The quantitative estimate of drug-likeness (QED) is 0.798. The number of rotatable bonds is 2. The normalized spacial score (nSPS) is 21.1. The van der Waals surface area contributed by atoms with E-state index < -0.39 is 0 Å². The third-order valence-corrected chi connectivity index (χ3v) is 2.70. The summed E-state index contributed by atoms with van der Waals surface area (Å²) in [5.74, 6) is 0.897. The molecule has 88 valence electrons. The van der Waals surface area contributed by atoms with Crippen LogP contribution in [0.15, 0.2) is 16.5 Å². The third kappa shape index (κ3) is 2.10. The van der Waals surface area contributed by atoms with Gasteiger partial charge in [-0.05, 0) is 19.1 Å². The molecule has 1 aromatic heterocycles. The van der Waals surface area contributed by atoms with E-state index in [-0.39, 0.29) is 11.9 Å². The van der Waals surface area contributed by atoms with Crippen LogP contribution in [0, 0.1) is 0 Å². The molecule has 2 rings (SSSR count). The molecule has 1 atom stereocenters. The number of ether oxygens (including phenoxy) is 1. The second-order valence-corrected chi connectivity index (χ2v) is 3.89. The molecule has 2 N–H and O–H groups in total. The maximum Gasteiger partial charge on any atom is 0.289 e. The van der Waals surface area contributed by atoms with Crippen molar-refractivity contribution in [1.29, 1.82) is 0 Å². The van der Waals surface area contributed by atoms with Gasteiger partial charge in [-0.25, -0.2) is 0 Å². The largest absolute Gasteiger partial charge is 0.455 e. The Labute approximate surface area is 94.1 Å². The zero-order valence-electron chi connectivity index (χ0n) is 9.31. The standard InChI is InChI=1S/C11H16N2O3/c1-8-7-15-5-4-13(8)11(14)10-3-2-9(6-12)16-10/h2-3,8H,4-7,12H2,1H3/t8-/m1/s1. The monoisotopic (exact) mass is 224 g/mol. The molecule has 0 radical (unpaired) electrons. The topological polar surface area (TPSA) is 68.7 Å². The van der Waals surface area contributed by atoms with Gasteiger partial charge >= 0.3 is 0 Å². The number of morpholine rings is 1. The van der Waals surface area contributed by atoms with Crippen molar-refractivity contribution < 1.29 is 13.9 Å². The molecule has 2 heterocycles. The van der Waals surface area contributed by atoms with Gasteiger partial charge in [0.1, 0.15) is 5.76 Å². The predicted octanol–water partition coefficient (Wildman–Crippen LogP) is 0.599. The second-order valence-electron chi connectivity index (χ2n) is 3.89. The van der Waals surface area contributed by atoms with Gasteiger partial charge in [0, 0.05) is 6.54 Å². The minimum absolute atomic E-state index is 0.0875. The average molecular weight is 224 g/mol. The highest BCUT2D eigenvalue weighted by atomic mass is 16.5. The number of carbonyl (C=O) groups excluding carboxylic acids is 1. The average Bonchev–Trinajstić information content (AvgIpc) is 2.77. The van der Waals surface area contributed by atoms with Gasteiger partial charge in [-0.3, -0.25) is 4.79 Å². The van der Waals surface area contributed by atoms with Crippen LogP contribution in [0.2, 0.25) is 0 Å². The Kier molecular flexibility index (Phi) is 3.26. The third-order valence-electron chi connectivity index (χ3n) is 2.70. The lowest BCUT2D eigenvalue weighted by Crippen LogP contribution is -2.47. The van der Waals surface area contributed by atoms with E-state index in [1.807, 2.05) is 6.92 Å². The Hall–Kier alpha value is -1.33. The summed E-state index contributed by atoms with van der Waals surface area (Å²) in [7, 11) is 0. The van der Waals surface area contributed by atoms with E-state index in [1.54, 1.807) is 17.0 Å². The molecule has 0 spiro atoms. The van der Waals surface area contributed by atoms with Crippen molar-refractivity contribution in [3.63, 3.8) is 0 Å². The van der Waals surface area contributed by atoms with Gasteiger partial charge in [0.15, 0.2) is 5.76 Å². The Balaban J connectivity index is 2.11. The minimum atomic E-state index is -0.0875. The summed E-state index contributed by atoms with van der Waals surface area (Å²) in [6, 6.07) is 3.50. The number of hydrogen-bond acceptors (Lipinski definition) is 4. The van der Waals surface area contributed by atoms with Crippen molar-refractivity contribution in [2.45, 2.75) is 19.5 Å². The molecule has 0 saturated carbocycles. The van der Waals surface area contributed by atoms with Crippen molar-refractivity contribution in [1.82, 2.24) is 4.90 Å². The summed E-state index contributed by atoms with van der Waals surface area (Å²) in [5, 5.41) is 0. The van der Waals surface area contributed by atoms with Crippen molar-refractivity contribution in [2.75, 3.05) is 19.8 Å². The molecule has 16 heavy (non-hydrogen) atoms. The van der Waals surface area contributed by atoms with Crippen molar-refractivity contribution in [3.8, 4) is 0 Å². The number of nitrogens with two attached hydrogens (primary N) is 1. The highest BCUT2D eigenvalue weighted by Gasteiger charge is 2.26. The lowest BCUT2D eigenvalue weighted by atomic mass is 10.2. The van der Waals surface area contributed by atoms with Crippen LogP contribution in [0.3, 0.4) is 0 Å². The summed E-state index contributed by atoms with van der Waals surface area (Å²) >= 11 is 0. The van der Waals surface area contributed by atoms with Crippen LogP contribution in [0.1, 0.15) is 23.2 Å². The number of amides is 1. The minimum Gasteiger partial charge on any atom is -0.455 e. The first-order valence-corrected chi connectivity index (χ1v) is 5.40. The zero-order valence-corrected chi connectivity index (χ0v) is 9.31. The van der Waals surface area contributed by atoms with Crippen LogP contribution in [-0.4, -0.2) is 36.6 Å². The highest BCUT2D eigenvalue weighted by Crippen LogP contribution is 2.14. The first-order valence-electron chi connectivity index (χ1n) is 5.40. The number of carbonyl (C=O) groups is 1. The Morgan fingerprint density at radius 1 is 1.62 bits per heavy atom. The summed E-state index contributed by atoms with van der Waals surface area (Å²) in [6.07, 6.45) is 0. The maximum atomic E-state index is 12.1. The molecule has 1 aromatic rings. The molecule has 1 fully saturated rings. The number of furan rings is 1. The molecule has 1 aliphatic heterocycles. The van der Waals surface area contributed by atoms with E-state index in [1.165, 1.54) is 0 Å². The fourth-order valence-corrected chi connectivity index (χ4v) is 1.77. The van der Waals surface area contributed by atoms with Crippen molar-refractivity contribution >= 4 is 5.91 Å². The lowest BCUT2D eigenvalue weighted by molar-refractivity contribution is 0.00189. The van der Waals surface area contributed by atoms with Gasteiger partial charge in [0.2, 0.25) is 0 Å². The van der Waals surface area contributed by atoms with Gasteiger partial charge in [-0.1, -0.05) is 0 Å². The number of hydrogen-bond donors (Lipinski definition) is 1. The van der Waals surface area contributed by atoms with Crippen LogP contribution >= 0.6 is 0 Å². The fourth-order valence-electron chi connectivity index (χ4n) is 1.77. The molecule has 0 unspecified atom stereocenters. The van der Waals surface area contributed by atoms with E-state index in [4.69, 9.17) is 14.9 Å². The Bertz CT molecular complexity index is 375. The molecule has 0 aromatic carbocycles. The summed E-state index contributed by atoms with van der Waals surface area (Å²) in [4.78, 5) is 13.8. The first kappa shape index (κ1) is 11.2. The van der Waals surface area contributed by atoms with E-state index in [2.05, 4.69) is 0 Å². The van der Waals surface area contributed by atoms with Crippen molar-refractivity contribution in [3.05, 3.63) is 23.7 Å². The molecule has 1 aliphatic rings. The SMILES string of the molecule is C[C@@H]1COCCN1C(=O)c1ccc(CN)o1. The predicted molar refractivity (Wildman–Crippen MR) is 57.9 cm³/mol. The number of nitrogens with zero attached hydrogens (tertiary/aromatic N) is 1. The van der Waals surface area contributed by atoms with Crippen LogP contribution in [0.4, 0.5) is 0 Å². The summed E-state index contributed by atoms with van der Waals surface area (Å²) < 4.78 is 10.6. The van der Waals surface area contributed by atoms with Crippen LogP contribution in [0.5, 0.6) is 0 Å². The lowest BCUT2D eigenvalue weighted by Gasteiger charge is -2.32. The van der Waals surface area contributed by atoms with E-state index >= 15 is 0 Å². The van der Waals surface area contributed by atoms with Crippen LogP contribution < -0.4 is 5.73 Å². The zero-order chi connectivity index (χ0) is 11.5. The maximum absolute atomic E-state index is 12.1. The van der Waals surface area contributed by atoms with Crippen LogP contribution in [-0.2, 0) is 11.3 Å². The smallest absolute Gasteiger partial charge is 0.289 e. The molecule has 5 nitrogen and oxygen atoms in total. The van der Waals surface area contributed by atoms with Gasteiger partial charge in [0.05, 0.1) is 25.8 Å². The molecule has 0 bridgehead atoms. The van der Waals surface area contributed by atoms with Gasteiger partial charge < -0.3 is 19.8 Å². The molecule has 0 aliphatic carbocycles. The van der Waals surface area contributed by atoms with E-state index in [9.17, 15) is 4.79 Å². The van der Waals surface area contributed by atoms with Gasteiger partial charge in [-0.2, -0.15) is 0 Å². The molecular formula is C11H16N2O3. The summed E-state index contributed by atoms with van der Waals surface area (Å²) in [6.45, 7) is 4.05.